The summed E-state index contributed by atoms with van der Waals surface area (Å²) in [6.07, 6.45) is 3.81. The fourth-order valence-electron chi connectivity index (χ4n) is 2.18. The van der Waals surface area contributed by atoms with Crippen LogP contribution in [0, 0.1) is 5.92 Å². The molecule has 94 valence electrons. The molecular weight excluding hydrogens is 226 g/mol. The Bertz CT molecular complexity index is 332. The Morgan fingerprint density at radius 3 is 2.25 bits per heavy atom. The molecule has 1 saturated carbocycles. The maximum absolute atomic E-state index is 12.2. The van der Waals surface area contributed by atoms with Gasteiger partial charge in [0.15, 0.2) is 0 Å². The van der Waals surface area contributed by atoms with Crippen molar-refractivity contribution >= 4 is 10.2 Å². The lowest BCUT2D eigenvalue weighted by atomic mass is 9.99. The van der Waals surface area contributed by atoms with E-state index in [0.717, 1.165) is 25.7 Å². The first kappa shape index (κ1) is 12.3. The van der Waals surface area contributed by atoms with Crippen LogP contribution in [0.2, 0.25) is 0 Å². The van der Waals surface area contributed by atoms with Crippen molar-refractivity contribution in [3.63, 3.8) is 0 Å². The zero-order valence-electron chi connectivity index (χ0n) is 9.80. The van der Waals surface area contributed by atoms with Crippen LogP contribution >= 0.6 is 0 Å². The second-order valence-electron chi connectivity index (χ2n) is 4.83. The molecule has 1 saturated heterocycles. The molecule has 0 amide bonds. The average Bonchev–Trinajstić information content (AvgIpc) is 3.12. The molecule has 16 heavy (non-hydrogen) atoms. The van der Waals surface area contributed by atoms with E-state index in [2.05, 4.69) is 0 Å². The summed E-state index contributed by atoms with van der Waals surface area (Å²) in [6, 6.07) is 0.247. The van der Waals surface area contributed by atoms with E-state index < -0.39 is 10.2 Å². The molecule has 2 fully saturated rings. The van der Waals surface area contributed by atoms with E-state index in [9.17, 15) is 8.42 Å². The first-order valence-corrected chi connectivity index (χ1v) is 7.38. The Morgan fingerprint density at radius 1 is 1.25 bits per heavy atom. The maximum Gasteiger partial charge on any atom is 0.281 e. The van der Waals surface area contributed by atoms with E-state index in [1.165, 1.54) is 4.31 Å². The van der Waals surface area contributed by atoms with Gasteiger partial charge in [0.1, 0.15) is 0 Å². The van der Waals surface area contributed by atoms with Crippen molar-refractivity contribution in [3.8, 4) is 0 Å². The van der Waals surface area contributed by atoms with Gasteiger partial charge in [0, 0.05) is 26.2 Å². The summed E-state index contributed by atoms with van der Waals surface area (Å²) in [6.45, 7) is 1.93. The third-order valence-corrected chi connectivity index (χ3v) is 5.70. The van der Waals surface area contributed by atoms with E-state index in [4.69, 9.17) is 5.73 Å². The molecule has 0 atom stereocenters. The molecule has 0 aromatic rings. The van der Waals surface area contributed by atoms with Crippen LogP contribution in [-0.4, -0.2) is 49.8 Å². The lowest BCUT2D eigenvalue weighted by Crippen LogP contribution is -2.47. The van der Waals surface area contributed by atoms with E-state index in [0.29, 0.717) is 25.6 Å². The van der Waals surface area contributed by atoms with Gasteiger partial charge in [-0.15, -0.1) is 0 Å². The molecular formula is C10H21N3O2S. The number of nitrogens with two attached hydrogens (primary N) is 1. The van der Waals surface area contributed by atoms with Crippen LogP contribution < -0.4 is 5.73 Å². The minimum absolute atomic E-state index is 0.247. The van der Waals surface area contributed by atoms with Gasteiger partial charge in [0.2, 0.25) is 0 Å². The second-order valence-corrected chi connectivity index (χ2v) is 6.82. The van der Waals surface area contributed by atoms with Crippen molar-refractivity contribution < 1.29 is 8.42 Å². The highest BCUT2D eigenvalue weighted by molar-refractivity contribution is 7.86. The average molecular weight is 247 g/mol. The van der Waals surface area contributed by atoms with Crippen LogP contribution in [0.15, 0.2) is 0 Å². The van der Waals surface area contributed by atoms with Crippen LogP contribution in [0.1, 0.15) is 25.7 Å². The molecule has 0 aromatic carbocycles. The Kier molecular flexibility index (Phi) is 3.53. The first-order chi connectivity index (χ1) is 7.55. The van der Waals surface area contributed by atoms with E-state index in [1.54, 1.807) is 11.4 Å². The van der Waals surface area contributed by atoms with Gasteiger partial charge in [0.25, 0.3) is 10.2 Å². The minimum Gasteiger partial charge on any atom is -0.330 e. The highest BCUT2D eigenvalue weighted by Gasteiger charge is 2.38. The van der Waals surface area contributed by atoms with Crippen molar-refractivity contribution in [3.05, 3.63) is 0 Å². The molecule has 6 heteroatoms. The smallest absolute Gasteiger partial charge is 0.281 e. The predicted molar refractivity (Wildman–Crippen MR) is 63.1 cm³/mol. The summed E-state index contributed by atoms with van der Waals surface area (Å²) in [5, 5.41) is 0. The molecule has 1 aliphatic heterocycles. The first-order valence-electron chi connectivity index (χ1n) is 5.99. The maximum atomic E-state index is 12.2. The van der Waals surface area contributed by atoms with Crippen molar-refractivity contribution in [2.75, 3.05) is 26.7 Å². The van der Waals surface area contributed by atoms with Crippen molar-refractivity contribution in [1.82, 2.24) is 8.61 Å². The number of rotatable bonds is 4. The molecule has 2 aliphatic rings. The quantitative estimate of drug-likeness (QED) is 0.760. The van der Waals surface area contributed by atoms with Crippen molar-refractivity contribution in [1.29, 1.82) is 0 Å². The summed E-state index contributed by atoms with van der Waals surface area (Å²) in [5.41, 5.74) is 5.60. The molecule has 2 rings (SSSR count). The third kappa shape index (κ3) is 2.40. The summed E-state index contributed by atoms with van der Waals surface area (Å²) in [7, 11) is -1.51. The van der Waals surface area contributed by atoms with Gasteiger partial charge in [-0.25, -0.2) is 0 Å². The SMILES string of the molecule is CN(C1CC1)S(=O)(=O)N1CCC(CN)CC1. The molecule has 1 heterocycles. The number of hydrogen-bond donors (Lipinski definition) is 1. The third-order valence-electron chi connectivity index (χ3n) is 3.66. The van der Waals surface area contributed by atoms with Gasteiger partial charge in [-0.1, -0.05) is 0 Å². The summed E-state index contributed by atoms with van der Waals surface area (Å²) in [5.74, 6) is 0.498. The van der Waals surface area contributed by atoms with Gasteiger partial charge in [-0.2, -0.15) is 17.0 Å². The Balaban J connectivity index is 1.96. The Labute approximate surface area is 97.8 Å². The largest absolute Gasteiger partial charge is 0.330 e. The van der Waals surface area contributed by atoms with Gasteiger partial charge >= 0.3 is 0 Å². The summed E-state index contributed by atoms with van der Waals surface area (Å²) >= 11 is 0. The Hall–Kier alpha value is -0.170. The molecule has 0 bridgehead atoms. The highest BCUT2D eigenvalue weighted by atomic mass is 32.2. The predicted octanol–water partition coefficient (Wildman–Crippen LogP) is -0.00390. The summed E-state index contributed by atoms with van der Waals surface area (Å²) in [4.78, 5) is 0. The van der Waals surface area contributed by atoms with E-state index in [-0.39, 0.29) is 6.04 Å². The molecule has 5 nitrogen and oxygen atoms in total. The van der Waals surface area contributed by atoms with Crippen molar-refractivity contribution in [2.24, 2.45) is 11.7 Å². The molecule has 0 spiro atoms. The number of piperidine rings is 1. The normalized spacial score (nSPS) is 25.2. The molecule has 0 aromatic heterocycles. The number of nitrogens with zero attached hydrogens (tertiary/aromatic N) is 2. The zero-order chi connectivity index (χ0) is 11.8. The van der Waals surface area contributed by atoms with E-state index in [1.807, 2.05) is 0 Å². The van der Waals surface area contributed by atoms with Gasteiger partial charge < -0.3 is 5.73 Å². The van der Waals surface area contributed by atoms with Crippen LogP contribution in [0.5, 0.6) is 0 Å². The lowest BCUT2D eigenvalue weighted by molar-refractivity contribution is 0.262. The van der Waals surface area contributed by atoms with Crippen LogP contribution in [0.25, 0.3) is 0 Å². The molecule has 0 unspecified atom stereocenters. The van der Waals surface area contributed by atoms with E-state index >= 15 is 0 Å². The van der Waals surface area contributed by atoms with Crippen LogP contribution in [0.3, 0.4) is 0 Å². The minimum atomic E-state index is -3.20. The standard InChI is InChI=1S/C10H21N3O2S/c1-12(10-2-3-10)16(14,15)13-6-4-9(8-11)5-7-13/h9-10H,2-8,11H2,1H3. The fourth-order valence-corrected chi connectivity index (χ4v) is 3.81. The second kappa shape index (κ2) is 4.60. The van der Waals surface area contributed by atoms with Crippen molar-refractivity contribution in [2.45, 2.75) is 31.7 Å². The molecule has 1 aliphatic carbocycles. The molecule has 0 radical (unpaired) electrons. The number of hydrogen-bond acceptors (Lipinski definition) is 3. The zero-order valence-corrected chi connectivity index (χ0v) is 10.6. The van der Waals surface area contributed by atoms with Crippen LogP contribution in [0.4, 0.5) is 0 Å². The van der Waals surface area contributed by atoms with Gasteiger partial charge in [-0.3, -0.25) is 0 Å². The molecule has 2 N–H and O–H groups in total. The highest BCUT2D eigenvalue weighted by Crippen LogP contribution is 2.30. The fraction of sp³-hybridized carbons (Fsp3) is 1.00. The summed E-state index contributed by atoms with van der Waals surface area (Å²) < 4.78 is 27.5. The monoisotopic (exact) mass is 247 g/mol. The van der Waals surface area contributed by atoms with Gasteiger partial charge in [0.05, 0.1) is 0 Å². The van der Waals surface area contributed by atoms with Crippen LogP contribution in [-0.2, 0) is 10.2 Å². The Morgan fingerprint density at radius 2 is 1.81 bits per heavy atom. The lowest BCUT2D eigenvalue weighted by Gasteiger charge is -2.33. The van der Waals surface area contributed by atoms with Gasteiger partial charge in [-0.05, 0) is 38.1 Å². The topological polar surface area (TPSA) is 66.6 Å².